The Hall–Kier alpha value is -0.570. The third-order valence-corrected chi connectivity index (χ3v) is 4.68. The molecule has 0 bridgehead atoms. The topological polar surface area (TPSA) is 55.1 Å². The van der Waals surface area contributed by atoms with Gasteiger partial charge in [0.1, 0.15) is 0 Å². The summed E-state index contributed by atoms with van der Waals surface area (Å²) in [7, 11) is 0. The van der Waals surface area contributed by atoms with Crippen LogP contribution in [0, 0.1) is 11.8 Å². The zero-order valence-corrected chi connectivity index (χ0v) is 11.5. The first kappa shape index (κ1) is 13.9. The molecule has 0 aromatic rings. The fourth-order valence-corrected chi connectivity index (χ4v) is 3.59. The van der Waals surface area contributed by atoms with E-state index in [1.54, 1.807) is 0 Å². The van der Waals surface area contributed by atoms with Crippen LogP contribution in [0.2, 0.25) is 0 Å². The maximum Gasteiger partial charge on any atom is 0.223 e. The molecule has 2 unspecified atom stereocenters. The van der Waals surface area contributed by atoms with Crippen LogP contribution < -0.4 is 11.1 Å². The Labute approximate surface area is 111 Å². The molecule has 0 aromatic heterocycles. The van der Waals surface area contributed by atoms with Crippen LogP contribution >= 0.6 is 0 Å². The number of amides is 1. The summed E-state index contributed by atoms with van der Waals surface area (Å²) in [6.45, 7) is 0.766. The Balaban J connectivity index is 1.76. The molecule has 3 nitrogen and oxygen atoms in total. The van der Waals surface area contributed by atoms with Gasteiger partial charge in [0.2, 0.25) is 5.91 Å². The lowest BCUT2D eigenvalue weighted by Gasteiger charge is -2.30. The van der Waals surface area contributed by atoms with Crippen LogP contribution in [-0.2, 0) is 4.79 Å². The molecule has 3 heteroatoms. The summed E-state index contributed by atoms with van der Waals surface area (Å²) in [6, 6.07) is 0.459. The van der Waals surface area contributed by atoms with E-state index >= 15 is 0 Å². The van der Waals surface area contributed by atoms with Gasteiger partial charge in [0.25, 0.3) is 0 Å². The SMILES string of the molecule is NCCC1CCCC(C(=O)NC2CCCCC2)C1. The van der Waals surface area contributed by atoms with E-state index in [0.717, 1.165) is 25.8 Å². The molecule has 2 aliphatic carbocycles. The highest BCUT2D eigenvalue weighted by molar-refractivity contribution is 5.79. The molecule has 2 fully saturated rings. The zero-order valence-electron chi connectivity index (χ0n) is 11.5. The molecule has 2 aliphatic rings. The van der Waals surface area contributed by atoms with Crippen LogP contribution in [0.4, 0.5) is 0 Å². The molecule has 2 atom stereocenters. The van der Waals surface area contributed by atoms with Gasteiger partial charge in [0, 0.05) is 12.0 Å². The molecular weight excluding hydrogens is 224 g/mol. The minimum absolute atomic E-state index is 0.261. The Bertz CT molecular complexity index is 259. The average molecular weight is 252 g/mol. The highest BCUT2D eigenvalue weighted by Gasteiger charge is 2.28. The summed E-state index contributed by atoms with van der Waals surface area (Å²) >= 11 is 0. The lowest BCUT2D eigenvalue weighted by atomic mass is 9.79. The van der Waals surface area contributed by atoms with Crippen LogP contribution in [0.5, 0.6) is 0 Å². The Morgan fingerprint density at radius 3 is 2.56 bits per heavy atom. The number of hydrogen-bond donors (Lipinski definition) is 2. The number of rotatable bonds is 4. The van der Waals surface area contributed by atoms with Crippen molar-refractivity contribution in [2.75, 3.05) is 6.54 Å². The van der Waals surface area contributed by atoms with Crippen molar-refractivity contribution in [3.8, 4) is 0 Å². The number of nitrogens with two attached hydrogens (primary N) is 1. The van der Waals surface area contributed by atoms with Gasteiger partial charge < -0.3 is 11.1 Å². The normalized spacial score (nSPS) is 30.1. The van der Waals surface area contributed by atoms with E-state index in [9.17, 15) is 4.79 Å². The second-order valence-electron chi connectivity index (χ2n) is 6.15. The van der Waals surface area contributed by atoms with Crippen LogP contribution in [0.1, 0.15) is 64.2 Å². The van der Waals surface area contributed by atoms with Crippen molar-refractivity contribution in [2.45, 2.75) is 70.3 Å². The second kappa shape index (κ2) is 7.13. The second-order valence-corrected chi connectivity index (χ2v) is 6.15. The van der Waals surface area contributed by atoms with Crippen molar-refractivity contribution in [3.63, 3.8) is 0 Å². The smallest absolute Gasteiger partial charge is 0.223 e. The van der Waals surface area contributed by atoms with Crippen molar-refractivity contribution < 1.29 is 4.79 Å². The van der Waals surface area contributed by atoms with Crippen LogP contribution in [0.15, 0.2) is 0 Å². The maximum absolute atomic E-state index is 12.3. The summed E-state index contributed by atoms with van der Waals surface area (Å²) in [6.07, 6.45) is 12.0. The van der Waals surface area contributed by atoms with Gasteiger partial charge in [0.05, 0.1) is 0 Å². The molecule has 0 radical (unpaired) electrons. The van der Waals surface area contributed by atoms with Gasteiger partial charge in [-0.3, -0.25) is 4.79 Å². The van der Waals surface area contributed by atoms with E-state index in [4.69, 9.17) is 5.73 Å². The van der Waals surface area contributed by atoms with Crippen molar-refractivity contribution in [1.29, 1.82) is 0 Å². The summed E-state index contributed by atoms with van der Waals surface area (Å²) in [5.74, 6) is 1.27. The molecule has 1 amide bonds. The standard InChI is InChI=1S/C15H28N2O/c16-10-9-12-5-4-6-13(11-12)15(18)17-14-7-2-1-3-8-14/h12-14H,1-11,16H2,(H,17,18). The summed E-state index contributed by atoms with van der Waals surface area (Å²) in [5.41, 5.74) is 5.63. The number of carbonyl (C=O) groups is 1. The van der Waals surface area contributed by atoms with Gasteiger partial charge in [-0.2, -0.15) is 0 Å². The molecule has 2 saturated carbocycles. The van der Waals surface area contributed by atoms with Gasteiger partial charge in [0.15, 0.2) is 0 Å². The van der Waals surface area contributed by atoms with Gasteiger partial charge in [-0.05, 0) is 44.6 Å². The van der Waals surface area contributed by atoms with Crippen LogP contribution in [0.25, 0.3) is 0 Å². The molecule has 0 spiro atoms. The molecule has 2 rings (SSSR count). The predicted octanol–water partition coefficient (Wildman–Crippen LogP) is 2.59. The Morgan fingerprint density at radius 2 is 1.83 bits per heavy atom. The average Bonchev–Trinajstić information content (AvgIpc) is 2.40. The molecule has 0 aromatic carbocycles. The van der Waals surface area contributed by atoms with Gasteiger partial charge in [-0.25, -0.2) is 0 Å². The molecule has 0 saturated heterocycles. The van der Waals surface area contributed by atoms with Crippen LogP contribution in [-0.4, -0.2) is 18.5 Å². The first-order valence-corrected chi connectivity index (χ1v) is 7.80. The van der Waals surface area contributed by atoms with Crippen molar-refractivity contribution >= 4 is 5.91 Å². The first-order chi connectivity index (χ1) is 8.79. The third kappa shape index (κ3) is 3.98. The number of hydrogen-bond acceptors (Lipinski definition) is 2. The minimum atomic E-state index is 0.261. The molecule has 0 aliphatic heterocycles. The molecule has 0 heterocycles. The van der Waals surface area contributed by atoms with Crippen molar-refractivity contribution in [1.82, 2.24) is 5.32 Å². The summed E-state index contributed by atoms with van der Waals surface area (Å²) in [5, 5.41) is 3.28. The van der Waals surface area contributed by atoms with E-state index in [1.165, 1.54) is 44.9 Å². The molecule has 104 valence electrons. The largest absolute Gasteiger partial charge is 0.353 e. The Morgan fingerprint density at radius 1 is 1.06 bits per heavy atom. The first-order valence-electron chi connectivity index (χ1n) is 7.80. The van der Waals surface area contributed by atoms with Crippen molar-refractivity contribution in [2.24, 2.45) is 17.6 Å². The molecule has 3 N–H and O–H groups in total. The lowest BCUT2D eigenvalue weighted by Crippen LogP contribution is -2.41. The summed E-state index contributed by atoms with van der Waals surface area (Å²) < 4.78 is 0. The zero-order chi connectivity index (χ0) is 12.8. The van der Waals surface area contributed by atoms with E-state index in [2.05, 4.69) is 5.32 Å². The van der Waals surface area contributed by atoms with E-state index < -0.39 is 0 Å². The monoisotopic (exact) mass is 252 g/mol. The quantitative estimate of drug-likeness (QED) is 0.808. The maximum atomic E-state index is 12.3. The number of carbonyl (C=O) groups excluding carboxylic acids is 1. The van der Waals surface area contributed by atoms with Gasteiger partial charge in [-0.15, -0.1) is 0 Å². The molecule has 18 heavy (non-hydrogen) atoms. The molecular formula is C15H28N2O. The van der Waals surface area contributed by atoms with Crippen molar-refractivity contribution in [3.05, 3.63) is 0 Å². The highest BCUT2D eigenvalue weighted by atomic mass is 16.1. The van der Waals surface area contributed by atoms with E-state index in [-0.39, 0.29) is 5.92 Å². The minimum Gasteiger partial charge on any atom is -0.353 e. The van der Waals surface area contributed by atoms with E-state index in [1.807, 2.05) is 0 Å². The van der Waals surface area contributed by atoms with E-state index in [0.29, 0.717) is 17.9 Å². The van der Waals surface area contributed by atoms with Gasteiger partial charge in [-0.1, -0.05) is 32.1 Å². The van der Waals surface area contributed by atoms with Gasteiger partial charge >= 0.3 is 0 Å². The highest BCUT2D eigenvalue weighted by Crippen LogP contribution is 2.31. The lowest BCUT2D eigenvalue weighted by molar-refractivity contribution is -0.127. The fraction of sp³-hybridized carbons (Fsp3) is 0.933. The fourth-order valence-electron chi connectivity index (χ4n) is 3.59. The third-order valence-electron chi connectivity index (χ3n) is 4.68. The Kier molecular flexibility index (Phi) is 5.48. The predicted molar refractivity (Wildman–Crippen MR) is 74.1 cm³/mol. The summed E-state index contributed by atoms with van der Waals surface area (Å²) in [4.78, 5) is 12.3. The number of nitrogens with one attached hydrogen (secondary N) is 1. The van der Waals surface area contributed by atoms with Crippen LogP contribution in [0.3, 0.4) is 0 Å².